The molecule has 0 aromatic carbocycles. The molecule has 0 spiro atoms. The summed E-state index contributed by atoms with van der Waals surface area (Å²) in [6, 6.07) is 3.51. The SMILES string of the molecule is CN(C)c1ncc(-c2nc(-c3ccc(Cl)s3)c(CC(=O)O)o2)cn1. The van der Waals surface area contributed by atoms with Crippen molar-refractivity contribution >= 4 is 34.9 Å². The predicted octanol–water partition coefficient (Wildman–Crippen LogP) is 3.21. The van der Waals surface area contributed by atoms with E-state index >= 15 is 0 Å². The van der Waals surface area contributed by atoms with Crippen LogP contribution in [0.2, 0.25) is 4.34 Å². The Balaban J connectivity index is 2.02. The van der Waals surface area contributed by atoms with Gasteiger partial charge in [-0.25, -0.2) is 15.0 Å². The topological polar surface area (TPSA) is 92.4 Å². The Morgan fingerprint density at radius 1 is 1.33 bits per heavy atom. The van der Waals surface area contributed by atoms with Crippen LogP contribution < -0.4 is 4.90 Å². The van der Waals surface area contributed by atoms with Crippen molar-refractivity contribution < 1.29 is 14.3 Å². The first-order chi connectivity index (χ1) is 11.4. The average Bonchev–Trinajstić information content (AvgIpc) is 3.13. The maximum Gasteiger partial charge on any atom is 0.311 e. The van der Waals surface area contributed by atoms with Crippen LogP contribution in [0.15, 0.2) is 28.9 Å². The summed E-state index contributed by atoms with van der Waals surface area (Å²) in [5.74, 6) is 0.103. The van der Waals surface area contributed by atoms with E-state index in [1.54, 1.807) is 29.4 Å². The Kier molecular flexibility index (Phi) is 4.50. The van der Waals surface area contributed by atoms with Gasteiger partial charge in [-0.2, -0.15) is 0 Å². The molecule has 0 unspecified atom stereocenters. The fourth-order valence-electron chi connectivity index (χ4n) is 2.03. The standard InChI is InChI=1S/C15H13ClN4O3S/c1-20(2)15-17-6-8(7-18-15)14-19-13(9(23-14)5-12(21)22)10-3-4-11(16)24-10/h3-4,6-7H,5H2,1-2H3,(H,21,22). The van der Waals surface area contributed by atoms with E-state index in [2.05, 4.69) is 15.0 Å². The van der Waals surface area contributed by atoms with Crippen molar-refractivity contribution in [1.29, 1.82) is 0 Å². The lowest BCUT2D eigenvalue weighted by Gasteiger charge is -2.08. The monoisotopic (exact) mass is 364 g/mol. The van der Waals surface area contributed by atoms with Gasteiger partial charge >= 0.3 is 5.97 Å². The van der Waals surface area contributed by atoms with Gasteiger partial charge in [-0.1, -0.05) is 11.6 Å². The number of thiophene rings is 1. The molecule has 3 aromatic rings. The molecule has 3 rings (SSSR count). The largest absolute Gasteiger partial charge is 0.481 e. The molecule has 0 aliphatic carbocycles. The van der Waals surface area contributed by atoms with Crippen LogP contribution in [0.4, 0.5) is 5.95 Å². The van der Waals surface area contributed by atoms with Crippen LogP contribution in [-0.2, 0) is 11.2 Å². The fourth-order valence-corrected chi connectivity index (χ4v) is 3.08. The van der Waals surface area contributed by atoms with Crippen molar-refractivity contribution in [2.45, 2.75) is 6.42 Å². The zero-order valence-electron chi connectivity index (χ0n) is 12.9. The van der Waals surface area contributed by atoms with Gasteiger partial charge in [0.15, 0.2) is 0 Å². The lowest BCUT2D eigenvalue weighted by atomic mass is 10.2. The second-order valence-corrected chi connectivity index (χ2v) is 6.85. The number of rotatable bonds is 5. The highest BCUT2D eigenvalue weighted by Crippen LogP contribution is 2.35. The Labute approximate surface area is 146 Å². The first-order valence-corrected chi connectivity index (χ1v) is 8.10. The molecule has 0 amide bonds. The molecule has 3 aromatic heterocycles. The average molecular weight is 365 g/mol. The number of carbonyl (C=O) groups is 1. The van der Waals surface area contributed by atoms with Crippen LogP contribution in [0, 0.1) is 0 Å². The molecule has 0 atom stereocenters. The molecule has 0 aliphatic heterocycles. The van der Waals surface area contributed by atoms with Crippen LogP contribution in [0.3, 0.4) is 0 Å². The maximum absolute atomic E-state index is 11.1. The van der Waals surface area contributed by atoms with Crippen LogP contribution in [0.1, 0.15) is 5.76 Å². The molecule has 124 valence electrons. The highest BCUT2D eigenvalue weighted by molar-refractivity contribution is 7.19. The Morgan fingerprint density at radius 2 is 2.04 bits per heavy atom. The Bertz CT molecular complexity index is 873. The number of oxazole rings is 1. The van der Waals surface area contributed by atoms with Crippen molar-refractivity contribution in [3.63, 3.8) is 0 Å². The van der Waals surface area contributed by atoms with Gasteiger partial charge in [-0.05, 0) is 12.1 Å². The summed E-state index contributed by atoms with van der Waals surface area (Å²) >= 11 is 7.27. The minimum Gasteiger partial charge on any atom is -0.481 e. The minimum absolute atomic E-state index is 0.269. The van der Waals surface area contributed by atoms with Gasteiger partial charge in [-0.3, -0.25) is 4.79 Å². The number of halogens is 1. The number of hydrogen-bond donors (Lipinski definition) is 1. The summed E-state index contributed by atoms with van der Waals surface area (Å²) in [6.45, 7) is 0. The van der Waals surface area contributed by atoms with Crippen molar-refractivity contribution in [3.8, 4) is 22.0 Å². The molecular formula is C15H13ClN4O3S. The number of nitrogens with zero attached hydrogens (tertiary/aromatic N) is 4. The molecule has 0 aliphatic rings. The molecule has 0 saturated heterocycles. The molecule has 7 nitrogen and oxygen atoms in total. The van der Waals surface area contributed by atoms with E-state index < -0.39 is 5.97 Å². The first-order valence-electron chi connectivity index (χ1n) is 6.91. The number of hydrogen-bond acceptors (Lipinski definition) is 7. The first kappa shape index (κ1) is 16.4. The number of carboxylic acids is 1. The second kappa shape index (κ2) is 6.58. The van der Waals surface area contributed by atoms with Gasteiger partial charge < -0.3 is 14.4 Å². The van der Waals surface area contributed by atoms with Gasteiger partial charge in [-0.15, -0.1) is 11.3 Å². The fraction of sp³-hybridized carbons (Fsp3) is 0.200. The molecular weight excluding hydrogens is 352 g/mol. The third-order valence-electron chi connectivity index (χ3n) is 3.10. The van der Waals surface area contributed by atoms with Crippen molar-refractivity contribution in [2.24, 2.45) is 0 Å². The van der Waals surface area contributed by atoms with E-state index in [-0.39, 0.29) is 18.1 Å². The number of aliphatic carboxylic acids is 1. The van der Waals surface area contributed by atoms with E-state index in [9.17, 15) is 4.79 Å². The smallest absolute Gasteiger partial charge is 0.311 e. The second-order valence-electron chi connectivity index (χ2n) is 5.13. The van der Waals surface area contributed by atoms with E-state index in [0.717, 1.165) is 4.88 Å². The van der Waals surface area contributed by atoms with Gasteiger partial charge in [0.05, 0.1) is 14.8 Å². The van der Waals surface area contributed by atoms with E-state index in [4.69, 9.17) is 21.1 Å². The molecule has 0 saturated carbocycles. The van der Waals surface area contributed by atoms with Crippen molar-refractivity contribution in [3.05, 3.63) is 34.6 Å². The van der Waals surface area contributed by atoms with Gasteiger partial charge in [0.2, 0.25) is 11.8 Å². The normalized spacial score (nSPS) is 10.8. The minimum atomic E-state index is -0.999. The van der Waals surface area contributed by atoms with E-state index in [0.29, 0.717) is 21.5 Å². The van der Waals surface area contributed by atoms with E-state index in [1.807, 2.05) is 14.1 Å². The zero-order chi connectivity index (χ0) is 17.3. The summed E-state index contributed by atoms with van der Waals surface area (Å²) in [7, 11) is 3.67. The summed E-state index contributed by atoms with van der Waals surface area (Å²) in [5, 5.41) is 9.08. The highest BCUT2D eigenvalue weighted by Gasteiger charge is 2.20. The number of aromatic nitrogens is 3. The Hall–Kier alpha value is -2.45. The molecule has 9 heteroatoms. The highest BCUT2D eigenvalue weighted by atomic mass is 35.5. The summed E-state index contributed by atoms with van der Waals surface area (Å²) in [5.41, 5.74) is 1.04. The van der Waals surface area contributed by atoms with Crippen LogP contribution in [-0.4, -0.2) is 40.1 Å². The Morgan fingerprint density at radius 3 is 2.58 bits per heavy atom. The van der Waals surface area contributed by atoms with Crippen LogP contribution in [0.25, 0.3) is 22.0 Å². The summed E-state index contributed by atoms with van der Waals surface area (Å²) in [6.07, 6.45) is 2.91. The molecule has 3 heterocycles. The summed E-state index contributed by atoms with van der Waals surface area (Å²) < 4.78 is 6.25. The third-order valence-corrected chi connectivity index (χ3v) is 4.34. The number of carboxylic acid groups (broad SMARTS) is 1. The van der Waals surface area contributed by atoms with Crippen molar-refractivity contribution in [2.75, 3.05) is 19.0 Å². The van der Waals surface area contributed by atoms with Gasteiger partial charge in [0, 0.05) is 26.5 Å². The van der Waals surface area contributed by atoms with Crippen molar-refractivity contribution in [1.82, 2.24) is 15.0 Å². The van der Waals surface area contributed by atoms with Gasteiger partial charge in [0.1, 0.15) is 17.9 Å². The molecule has 0 radical (unpaired) electrons. The zero-order valence-corrected chi connectivity index (χ0v) is 14.4. The lowest BCUT2D eigenvalue weighted by Crippen LogP contribution is -2.12. The maximum atomic E-state index is 11.1. The lowest BCUT2D eigenvalue weighted by molar-refractivity contribution is -0.136. The van der Waals surface area contributed by atoms with Crippen LogP contribution >= 0.6 is 22.9 Å². The molecule has 0 bridgehead atoms. The molecule has 0 fully saturated rings. The quantitative estimate of drug-likeness (QED) is 0.743. The predicted molar refractivity (Wildman–Crippen MR) is 91.5 cm³/mol. The van der Waals surface area contributed by atoms with Crippen LogP contribution in [0.5, 0.6) is 0 Å². The molecule has 1 N–H and O–H groups in total. The third kappa shape index (κ3) is 3.39. The van der Waals surface area contributed by atoms with E-state index in [1.165, 1.54) is 11.3 Å². The summed E-state index contributed by atoms with van der Waals surface area (Å²) in [4.78, 5) is 26.4. The van der Waals surface area contributed by atoms with Gasteiger partial charge in [0.25, 0.3) is 0 Å². The number of anilines is 1. The molecule has 24 heavy (non-hydrogen) atoms.